The first-order valence-corrected chi connectivity index (χ1v) is 26.6. The van der Waals surface area contributed by atoms with Crippen LogP contribution in [0, 0.1) is 18.3 Å². The average Bonchev–Trinajstić information content (AvgIpc) is 4.08. The number of fused-ring (bicyclic) bond motifs is 2. The lowest BCUT2D eigenvalue weighted by atomic mass is 9.81. The number of rotatable bonds is 12. The second-order valence-corrected chi connectivity index (χ2v) is 22.6. The van der Waals surface area contributed by atoms with E-state index in [1.165, 1.54) is 10.5 Å². The van der Waals surface area contributed by atoms with Crippen LogP contribution in [0.2, 0.25) is 0 Å². The molecule has 5 aliphatic rings. The van der Waals surface area contributed by atoms with Gasteiger partial charge in [0.25, 0.3) is 0 Å². The van der Waals surface area contributed by atoms with Crippen molar-refractivity contribution in [2.75, 3.05) is 48.3 Å². The van der Waals surface area contributed by atoms with E-state index in [0.717, 1.165) is 111 Å². The number of carbonyl (C=O) groups is 3. The highest BCUT2D eigenvalue weighted by Gasteiger charge is 2.46. The van der Waals surface area contributed by atoms with Crippen LogP contribution in [0.5, 0.6) is 5.75 Å². The number of aromatic hydroxyl groups is 1. The van der Waals surface area contributed by atoms with Gasteiger partial charge in [-0.1, -0.05) is 57.2 Å². The molecule has 2 unspecified atom stereocenters. The molecule has 6 N–H and O–H groups in total. The van der Waals surface area contributed by atoms with Gasteiger partial charge in [0, 0.05) is 74.6 Å². The molecule has 7 heterocycles. The maximum atomic E-state index is 14.3. The van der Waals surface area contributed by atoms with Crippen molar-refractivity contribution in [1.82, 2.24) is 45.6 Å². The molecular formula is C54H68N12O5S. The van der Waals surface area contributed by atoms with Gasteiger partial charge in [-0.25, -0.2) is 15.0 Å². The summed E-state index contributed by atoms with van der Waals surface area (Å²) in [5.41, 5.74) is 13.8. The van der Waals surface area contributed by atoms with E-state index < -0.39 is 23.6 Å². The SMILES string of the molecule is Cc1ncsc1-c1ccc(CNC(=O)[C@@H]2C[C@@H](O)CN2C(=O)[C@@H](NC(=O)[C@H]2CC[C@@H](N3CCC(c4cnc(N5C6CCC5CN(c5cc(-c7ccccc7O)nnc5N)C6)nc4)CC3)CC2)C(C)(C)C)cc1. The summed E-state index contributed by atoms with van der Waals surface area (Å²) in [5, 5.41) is 35.8. The molecule has 10 rings (SSSR count). The van der Waals surface area contributed by atoms with Crippen LogP contribution in [-0.4, -0.2) is 132 Å². The molecule has 0 spiro atoms. The Balaban J connectivity index is 0.686. The summed E-state index contributed by atoms with van der Waals surface area (Å²) in [5.74, 6) is 0.708. The molecule has 5 fully saturated rings. The molecule has 3 amide bonds. The van der Waals surface area contributed by atoms with Crippen molar-refractivity contribution in [1.29, 1.82) is 0 Å². The Morgan fingerprint density at radius 3 is 2.18 bits per heavy atom. The average molecular weight is 997 g/mol. The molecule has 5 aromatic rings. The number of hydrogen-bond acceptors (Lipinski definition) is 15. The van der Waals surface area contributed by atoms with Gasteiger partial charge in [-0.2, -0.15) is 0 Å². The maximum Gasteiger partial charge on any atom is 0.246 e. The molecule has 18 heteroatoms. The van der Waals surface area contributed by atoms with Crippen molar-refractivity contribution < 1.29 is 24.6 Å². The topological polar surface area (TPSA) is 219 Å². The number of piperazine rings is 1. The number of aliphatic hydroxyl groups is 1. The molecule has 1 saturated carbocycles. The van der Waals surface area contributed by atoms with Gasteiger partial charge in [0.2, 0.25) is 23.7 Å². The number of benzene rings is 2. The van der Waals surface area contributed by atoms with E-state index in [9.17, 15) is 24.6 Å². The first-order valence-electron chi connectivity index (χ1n) is 25.7. The lowest BCUT2D eigenvalue weighted by Gasteiger charge is -2.42. The zero-order chi connectivity index (χ0) is 50.3. The highest BCUT2D eigenvalue weighted by atomic mass is 32.1. The number of aryl methyl sites for hydroxylation is 1. The third-order valence-electron chi connectivity index (χ3n) is 16.0. The van der Waals surface area contributed by atoms with Gasteiger partial charge in [-0.3, -0.25) is 14.4 Å². The number of nitrogens with two attached hydrogens (primary N) is 1. The number of phenolic OH excluding ortho intramolecular Hbond substituents is 1. The number of amides is 3. The number of piperidine rings is 1. The minimum atomic E-state index is -0.856. The summed E-state index contributed by atoms with van der Waals surface area (Å²) in [6.07, 6.45) is 10.8. The molecular weight excluding hydrogens is 929 g/mol. The van der Waals surface area contributed by atoms with Crippen LogP contribution >= 0.6 is 11.3 Å². The number of β-amino-alcohol motifs (C(OH)–C–C–N with tert-alkyl or cyclic N) is 1. The lowest BCUT2D eigenvalue weighted by Crippen LogP contribution is -2.58. The number of nitrogen functional groups attached to an aromatic ring is 1. The molecule has 72 heavy (non-hydrogen) atoms. The van der Waals surface area contributed by atoms with Gasteiger partial charge in [-0.05, 0) is 118 Å². The van der Waals surface area contributed by atoms with Crippen molar-refractivity contribution >= 4 is 46.5 Å². The smallest absolute Gasteiger partial charge is 0.246 e. The standard InChI is InChI=1S/C54H68N12O5S/c1-32-47(72-31-59-32)35-11-9-33(10-12-35)25-56-51(70)45-23-41(67)30-65(45)52(71)48(54(2,3)4)60-50(69)36-13-15-38(16-14-36)63-21-19-34(20-22-63)37-26-57-53(58-27-37)66-39-17-18-40(66)29-64(28-39)44-24-43(61-62-49(44)55)42-7-5-6-8-46(42)68/h5-12,24,26-27,31,34,36,38-41,45,48,67-68H,13-23,25,28-30H2,1-4H3,(H2,55,62)(H,56,70)(H,60,69)/t36-,38+,39?,40?,41-,45+,48-/m1/s1. The Morgan fingerprint density at radius 2 is 1.53 bits per heavy atom. The van der Waals surface area contributed by atoms with Gasteiger partial charge in [0.15, 0.2) is 5.82 Å². The van der Waals surface area contributed by atoms with Gasteiger partial charge < -0.3 is 46.2 Å². The zero-order valence-electron chi connectivity index (χ0n) is 41.8. The van der Waals surface area contributed by atoms with Crippen LogP contribution in [-0.2, 0) is 20.9 Å². The van der Waals surface area contributed by atoms with Crippen LogP contribution in [0.4, 0.5) is 17.5 Å². The minimum Gasteiger partial charge on any atom is -0.507 e. The molecule has 380 valence electrons. The second kappa shape index (κ2) is 20.7. The quantitative estimate of drug-likeness (QED) is 0.0961. The van der Waals surface area contributed by atoms with Crippen LogP contribution < -0.4 is 26.2 Å². The fourth-order valence-electron chi connectivity index (χ4n) is 11.9. The number of thiazole rings is 1. The summed E-state index contributed by atoms with van der Waals surface area (Å²) >= 11 is 1.59. The lowest BCUT2D eigenvalue weighted by molar-refractivity contribution is -0.144. The van der Waals surface area contributed by atoms with Gasteiger partial charge in [0.05, 0.1) is 33.6 Å². The molecule has 5 atom stereocenters. The van der Waals surface area contributed by atoms with Crippen molar-refractivity contribution in [3.63, 3.8) is 0 Å². The number of para-hydroxylation sites is 1. The number of nitrogens with one attached hydrogen (secondary N) is 2. The summed E-state index contributed by atoms with van der Waals surface area (Å²) < 4.78 is 0. The van der Waals surface area contributed by atoms with Crippen LogP contribution in [0.3, 0.4) is 0 Å². The largest absolute Gasteiger partial charge is 0.507 e. The highest BCUT2D eigenvalue weighted by Crippen LogP contribution is 2.40. The van der Waals surface area contributed by atoms with E-state index >= 15 is 0 Å². The number of nitrogens with zero attached hydrogens (tertiary/aromatic N) is 9. The Morgan fingerprint density at radius 1 is 0.847 bits per heavy atom. The summed E-state index contributed by atoms with van der Waals surface area (Å²) in [6, 6.07) is 16.2. The molecule has 17 nitrogen and oxygen atoms in total. The molecule has 2 aromatic carbocycles. The number of phenols is 1. The number of hydrogen-bond donors (Lipinski definition) is 5. The number of aromatic nitrogens is 5. The fourth-order valence-corrected chi connectivity index (χ4v) is 12.7. The summed E-state index contributed by atoms with van der Waals surface area (Å²) in [6.45, 7) is 11.6. The van der Waals surface area contributed by atoms with Crippen LogP contribution in [0.1, 0.15) is 101 Å². The van der Waals surface area contributed by atoms with Crippen molar-refractivity contribution in [2.45, 2.75) is 134 Å². The first-order chi connectivity index (χ1) is 34.7. The van der Waals surface area contributed by atoms with Crippen molar-refractivity contribution in [3.8, 4) is 27.4 Å². The fraction of sp³-hybridized carbons (Fsp3) is 0.519. The maximum absolute atomic E-state index is 14.3. The third-order valence-corrected chi connectivity index (χ3v) is 16.9. The van der Waals surface area contributed by atoms with Gasteiger partial charge in [0.1, 0.15) is 17.8 Å². The predicted octanol–water partition coefficient (Wildman–Crippen LogP) is 6.06. The molecule has 1 aliphatic carbocycles. The molecule has 3 aromatic heterocycles. The van der Waals surface area contributed by atoms with E-state index in [1.807, 2.05) is 88.1 Å². The Hall–Kier alpha value is -6.24. The second-order valence-electron chi connectivity index (χ2n) is 21.7. The molecule has 4 aliphatic heterocycles. The molecule has 0 radical (unpaired) electrons. The predicted molar refractivity (Wildman–Crippen MR) is 278 cm³/mol. The van der Waals surface area contributed by atoms with Gasteiger partial charge >= 0.3 is 0 Å². The van der Waals surface area contributed by atoms with E-state index in [-0.39, 0.29) is 61.0 Å². The Bertz CT molecular complexity index is 2720. The van der Waals surface area contributed by atoms with E-state index in [2.05, 4.69) is 40.5 Å². The molecule has 4 saturated heterocycles. The molecule has 2 bridgehead atoms. The van der Waals surface area contributed by atoms with E-state index in [1.54, 1.807) is 23.5 Å². The Kier molecular flexibility index (Phi) is 14.2. The Labute approximate surface area is 425 Å². The van der Waals surface area contributed by atoms with Crippen molar-refractivity contribution in [3.05, 3.63) is 89.3 Å². The minimum absolute atomic E-state index is 0.0372. The normalized spacial score (nSPS) is 24.3. The first kappa shape index (κ1) is 49.3. The third kappa shape index (κ3) is 10.4. The monoisotopic (exact) mass is 997 g/mol. The zero-order valence-corrected chi connectivity index (χ0v) is 42.6. The van der Waals surface area contributed by atoms with E-state index in [4.69, 9.17) is 15.7 Å². The number of aliphatic hydroxyl groups excluding tert-OH is 1. The van der Waals surface area contributed by atoms with Crippen LogP contribution in [0.15, 0.2) is 72.5 Å². The highest BCUT2D eigenvalue weighted by molar-refractivity contribution is 7.13. The summed E-state index contributed by atoms with van der Waals surface area (Å²) in [7, 11) is 0. The van der Waals surface area contributed by atoms with Crippen LogP contribution in [0.25, 0.3) is 21.7 Å². The summed E-state index contributed by atoms with van der Waals surface area (Å²) in [4.78, 5) is 66.0. The van der Waals surface area contributed by atoms with Crippen molar-refractivity contribution in [2.24, 2.45) is 11.3 Å². The van der Waals surface area contributed by atoms with Gasteiger partial charge in [-0.15, -0.1) is 21.5 Å². The number of anilines is 3. The number of likely N-dealkylation sites (tertiary alicyclic amines) is 2. The number of carbonyl (C=O) groups excluding carboxylic acids is 3. The van der Waals surface area contributed by atoms with E-state index in [0.29, 0.717) is 29.0 Å².